The Labute approximate surface area is 272 Å². The van der Waals surface area contributed by atoms with E-state index in [9.17, 15) is 5.26 Å². The Morgan fingerprint density at radius 2 is 1.02 bits per heavy atom. The van der Waals surface area contributed by atoms with Crippen LogP contribution in [0.3, 0.4) is 0 Å². The fourth-order valence-corrected chi connectivity index (χ4v) is 8.17. The third kappa shape index (κ3) is 3.51. The Balaban J connectivity index is 1.47. The molecule has 7 aromatic carbocycles. The second-order valence-electron chi connectivity index (χ2n) is 12.4. The Kier molecular flexibility index (Phi) is 5.44. The monoisotopic (exact) mass is 595 g/mol. The van der Waals surface area contributed by atoms with Gasteiger partial charge in [0, 0.05) is 49.4 Å². The molecule has 47 heavy (non-hydrogen) atoms. The Bertz CT molecular complexity index is 2650. The molecule has 4 heteroatoms. The maximum atomic E-state index is 10.8. The van der Waals surface area contributed by atoms with E-state index in [4.69, 9.17) is 0 Å². The number of hydrogen-bond donors (Lipinski definition) is 0. The molecule has 3 heterocycles. The number of rotatable bonds is 3. The molecule has 10 rings (SSSR count). The Morgan fingerprint density at radius 3 is 1.68 bits per heavy atom. The molecule has 3 nitrogen and oxygen atoms in total. The molecule has 0 fully saturated rings. The fraction of sp³-hybridized carbons (Fsp3) is 0. The number of aromatic nitrogens is 2. The first-order valence-electron chi connectivity index (χ1n) is 16.1. The molecule has 1 aliphatic rings. The molecule has 0 spiro atoms. The van der Waals surface area contributed by atoms with Crippen LogP contribution in [0.4, 0.5) is 0 Å². The van der Waals surface area contributed by atoms with Gasteiger partial charge in [-0.3, -0.25) is 0 Å². The van der Waals surface area contributed by atoms with Crippen LogP contribution in [0.15, 0.2) is 158 Å². The highest BCUT2D eigenvalue weighted by molar-refractivity contribution is 6.89. The van der Waals surface area contributed by atoms with Crippen LogP contribution in [0.25, 0.3) is 71.6 Å². The summed E-state index contributed by atoms with van der Waals surface area (Å²) in [6, 6.07) is 58.9. The minimum atomic E-state index is -0.254. The largest absolute Gasteiger partial charge is 0.375 e. The van der Waals surface area contributed by atoms with Crippen molar-refractivity contribution in [1.82, 2.24) is 9.05 Å². The summed E-state index contributed by atoms with van der Waals surface area (Å²) in [5.41, 5.74) is 13.4. The first-order valence-corrected chi connectivity index (χ1v) is 16.1. The zero-order valence-electron chi connectivity index (χ0n) is 25.4. The van der Waals surface area contributed by atoms with Gasteiger partial charge < -0.3 is 9.05 Å². The highest BCUT2D eigenvalue weighted by atomic mass is 15.0. The normalized spacial score (nSPS) is 12.2. The van der Waals surface area contributed by atoms with Crippen molar-refractivity contribution in [2.24, 2.45) is 0 Å². The number of benzene rings is 7. The lowest BCUT2D eigenvalue weighted by Crippen LogP contribution is -2.54. The van der Waals surface area contributed by atoms with Gasteiger partial charge in [0.15, 0.2) is 0 Å². The Morgan fingerprint density at radius 1 is 0.468 bits per heavy atom. The average Bonchev–Trinajstić information content (AvgIpc) is 3.67. The number of nitrogens with zero attached hydrogens (tertiary/aromatic N) is 3. The molecular formula is C43H26BN3. The van der Waals surface area contributed by atoms with Crippen molar-refractivity contribution < 1.29 is 0 Å². The molecule has 0 bridgehead atoms. The molecule has 1 aliphatic heterocycles. The van der Waals surface area contributed by atoms with Crippen molar-refractivity contribution in [2.45, 2.75) is 0 Å². The number of para-hydroxylation sites is 4. The lowest BCUT2D eigenvalue weighted by Gasteiger charge is -2.30. The molecule has 0 amide bonds. The van der Waals surface area contributed by atoms with Crippen molar-refractivity contribution in [2.75, 3.05) is 0 Å². The zero-order valence-corrected chi connectivity index (χ0v) is 25.4. The lowest BCUT2D eigenvalue weighted by molar-refractivity contribution is 1.18. The third-order valence-corrected chi connectivity index (χ3v) is 10.0. The van der Waals surface area contributed by atoms with Crippen LogP contribution in [0.5, 0.6) is 0 Å². The van der Waals surface area contributed by atoms with Crippen LogP contribution < -0.4 is 10.9 Å². The first kappa shape index (κ1) is 26.0. The van der Waals surface area contributed by atoms with Gasteiger partial charge in [0.1, 0.15) is 0 Å². The quantitative estimate of drug-likeness (QED) is 0.188. The predicted molar refractivity (Wildman–Crippen MR) is 196 cm³/mol. The summed E-state index contributed by atoms with van der Waals surface area (Å²) in [6.45, 7) is -0.254. The predicted octanol–water partition coefficient (Wildman–Crippen LogP) is 9.06. The van der Waals surface area contributed by atoms with E-state index in [0.717, 1.165) is 22.2 Å². The van der Waals surface area contributed by atoms with Gasteiger partial charge in [0.2, 0.25) is 0 Å². The third-order valence-electron chi connectivity index (χ3n) is 10.0. The first-order chi connectivity index (χ1) is 23.3. The lowest BCUT2D eigenvalue weighted by atomic mass is 9.47. The molecule has 216 valence electrons. The highest BCUT2D eigenvalue weighted by Gasteiger charge is 2.38. The van der Waals surface area contributed by atoms with E-state index in [2.05, 4.69) is 167 Å². The van der Waals surface area contributed by atoms with Crippen molar-refractivity contribution in [1.29, 1.82) is 5.26 Å². The van der Waals surface area contributed by atoms with Gasteiger partial charge in [-0.1, -0.05) is 140 Å². The SMILES string of the molecule is N#Cc1ccc2c3ccccc3n3c2c1B(n1c2c(-c4ccccc4)cccc2c2cccc(-c4ccccc4)c21)c1ccccc1-3. The second-order valence-corrected chi connectivity index (χ2v) is 12.4. The Hall–Kier alpha value is -6.31. The highest BCUT2D eigenvalue weighted by Crippen LogP contribution is 2.42. The van der Waals surface area contributed by atoms with Crippen LogP contribution >= 0.6 is 0 Å². The minimum absolute atomic E-state index is 0.254. The van der Waals surface area contributed by atoms with E-state index >= 15 is 0 Å². The average molecular weight is 596 g/mol. The van der Waals surface area contributed by atoms with Crippen LogP contribution in [0.2, 0.25) is 0 Å². The molecule has 0 N–H and O–H groups in total. The van der Waals surface area contributed by atoms with Gasteiger partial charge >= 0.3 is 6.85 Å². The molecule has 0 saturated heterocycles. The maximum absolute atomic E-state index is 10.8. The summed E-state index contributed by atoms with van der Waals surface area (Å²) >= 11 is 0. The summed E-state index contributed by atoms with van der Waals surface area (Å²) < 4.78 is 4.95. The van der Waals surface area contributed by atoms with Crippen LogP contribution in [-0.4, -0.2) is 15.9 Å². The second kappa shape index (κ2) is 9.85. The van der Waals surface area contributed by atoms with Crippen LogP contribution in [0, 0.1) is 11.3 Å². The molecule has 9 aromatic rings. The van der Waals surface area contributed by atoms with Gasteiger partial charge in [-0.15, -0.1) is 0 Å². The maximum Gasteiger partial charge on any atom is 0.333 e. The van der Waals surface area contributed by atoms with E-state index in [1.165, 1.54) is 60.3 Å². The number of nitriles is 1. The van der Waals surface area contributed by atoms with Crippen molar-refractivity contribution in [3.8, 4) is 34.0 Å². The topological polar surface area (TPSA) is 33.6 Å². The molecule has 0 saturated carbocycles. The van der Waals surface area contributed by atoms with E-state index in [1.807, 2.05) is 6.07 Å². The van der Waals surface area contributed by atoms with Crippen molar-refractivity contribution >= 4 is 61.4 Å². The number of fused-ring (bicyclic) bond motifs is 8. The summed E-state index contributed by atoms with van der Waals surface area (Å²) in [5.74, 6) is 0. The summed E-state index contributed by atoms with van der Waals surface area (Å²) in [6.07, 6.45) is 0. The standard InChI is InChI=1S/C43H26BN3/c45-27-30-25-26-36-33-17-7-9-23-38(33)46-39-24-10-8-22-37(39)44(40(30)43(36)46)47-41-31(28-13-3-1-4-14-28)18-11-20-34(41)35-21-12-19-32(42(35)47)29-15-5-2-6-16-29/h1-26H. The molecule has 0 aliphatic carbocycles. The molecule has 0 atom stereocenters. The fourth-order valence-electron chi connectivity index (χ4n) is 8.17. The minimum Gasteiger partial charge on any atom is -0.375 e. The van der Waals surface area contributed by atoms with E-state index in [-0.39, 0.29) is 6.85 Å². The molecule has 0 radical (unpaired) electrons. The molecule has 0 unspecified atom stereocenters. The van der Waals surface area contributed by atoms with Crippen LogP contribution in [0.1, 0.15) is 5.56 Å². The van der Waals surface area contributed by atoms with E-state index < -0.39 is 0 Å². The van der Waals surface area contributed by atoms with Gasteiger partial charge in [-0.2, -0.15) is 5.26 Å². The summed E-state index contributed by atoms with van der Waals surface area (Å²) in [4.78, 5) is 0. The van der Waals surface area contributed by atoms with Gasteiger partial charge in [-0.05, 0) is 40.3 Å². The summed E-state index contributed by atoms with van der Waals surface area (Å²) in [7, 11) is 0. The molecular weight excluding hydrogens is 569 g/mol. The number of hydrogen-bond acceptors (Lipinski definition) is 1. The van der Waals surface area contributed by atoms with E-state index in [1.54, 1.807) is 0 Å². The van der Waals surface area contributed by atoms with Gasteiger partial charge in [-0.25, -0.2) is 0 Å². The van der Waals surface area contributed by atoms with E-state index in [0.29, 0.717) is 5.56 Å². The smallest absolute Gasteiger partial charge is 0.333 e. The van der Waals surface area contributed by atoms with Crippen molar-refractivity contribution in [3.05, 3.63) is 163 Å². The van der Waals surface area contributed by atoms with Gasteiger partial charge in [0.05, 0.1) is 22.7 Å². The van der Waals surface area contributed by atoms with Gasteiger partial charge in [0.25, 0.3) is 0 Å². The zero-order chi connectivity index (χ0) is 31.1. The summed E-state index contributed by atoms with van der Waals surface area (Å²) in [5, 5.41) is 15.6. The van der Waals surface area contributed by atoms with Crippen molar-refractivity contribution in [3.63, 3.8) is 0 Å². The van der Waals surface area contributed by atoms with Crippen LogP contribution in [-0.2, 0) is 0 Å². The molecule has 2 aromatic heterocycles.